The van der Waals surface area contributed by atoms with Gasteiger partial charge >= 0.3 is 0 Å². The first-order valence-electron chi connectivity index (χ1n) is 9.11. The van der Waals surface area contributed by atoms with E-state index in [1.807, 2.05) is 24.9 Å². The van der Waals surface area contributed by atoms with Gasteiger partial charge in [-0.2, -0.15) is 0 Å². The van der Waals surface area contributed by atoms with Crippen LogP contribution in [0.2, 0.25) is 0 Å². The monoisotopic (exact) mass is 348 g/mol. The number of carbonyl (C=O) groups is 1. The van der Waals surface area contributed by atoms with Crippen molar-refractivity contribution in [1.29, 1.82) is 0 Å². The number of aliphatic imine (C=N–C) groups is 1. The third-order valence-electron chi connectivity index (χ3n) is 4.33. The van der Waals surface area contributed by atoms with Crippen LogP contribution in [0.4, 0.5) is 4.39 Å². The van der Waals surface area contributed by atoms with E-state index in [1.54, 1.807) is 6.07 Å². The van der Waals surface area contributed by atoms with Crippen molar-refractivity contribution in [3.8, 4) is 0 Å². The van der Waals surface area contributed by atoms with Gasteiger partial charge < -0.3 is 15.5 Å². The molecule has 1 aromatic carbocycles. The average Bonchev–Trinajstić information content (AvgIpc) is 3.07. The van der Waals surface area contributed by atoms with E-state index in [0.29, 0.717) is 25.6 Å². The van der Waals surface area contributed by atoms with Crippen LogP contribution >= 0.6 is 0 Å². The summed E-state index contributed by atoms with van der Waals surface area (Å²) in [5.41, 5.74) is 0.882. The molecule has 1 amide bonds. The van der Waals surface area contributed by atoms with Gasteiger partial charge in [0.1, 0.15) is 5.82 Å². The number of carbonyl (C=O) groups excluding carboxylic acids is 1. The van der Waals surface area contributed by atoms with Crippen molar-refractivity contribution >= 4 is 11.9 Å². The number of halogens is 1. The van der Waals surface area contributed by atoms with Crippen molar-refractivity contribution < 1.29 is 9.18 Å². The first kappa shape index (κ1) is 19.2. The van der Waals surface area contributed by atoms with Gasteiger partial charge in [-0.3, -0.25) is 9.79 Å². The lowest BCUT2D eigenvalue weighted by Gasteiger charge is -2.22. The zero-order valence-corrected chi connectivity index (χ0v) is 15.2. The summed E-state index contributed by atoms with van der Waals surface area (Å²) >= 11 is 0. The van der Waals surface area contributed by atoms with E-state index in [4.69, 9.17) is 0 Å². The topological polar surface area (TPSA) is 56.7 Å². The molecule has 0 aliphatic heterocycles. The highest BCUT2D eigenvalue weighted by Crippen LogP contribution is 2.17. The second-order valence-corrected chi connectivity index (χ2v) is 6.52. The molecular formula is C19H29FN4O. The van der Waals surface area contributed by atoms with E-state index in [1.165, 1.54) is 25.0 Å². The summed E-state index contributed by atoms with van der Waals surface area (Å²) in [4.78, 5) is 18.4. The van der Waals surface area contributed by atoms with Gasteiger partial charge in [0.2, 0.25) is 5.91 Å². The maximum atomic E-state index is 13.3. The minimum atomic E-state index is -0.239. The Bertz CT molecular complexity index is 585. The maximum Gasteiger partial charge on any atom is 0.222 e. The maximum absolute atomic E-state index is 13.3. The van der Waals surface area contributed by atoms with Crippen molar-refractivity contribution in [2.75, 3.05) is 20.1 Å². The fourth-order valence-corrected chi connectivity index (χ4v) is 3.09. The van der Waals surface area contributed by atoms with Gasteiger partial charge in [-0.1, -0.05) is 25.0 Å². The predicted molar refractivity (Wildman–Crippen MR) is 98.9 cm³/mol. The number of benzene rings is 1. The quantitative estimate of drug-likeness (QED) is 0.588. The average molecular weight is 348 g/mol. The van der Waals surface area contributed by atoms with Crippen LogP contribution < -0.4 is 10.6 Å². The standard InChI is InChI=1S/C19H29FN4O/c1-3-21-19(24(2)14-15-7-6-8-16(20)13-15)22-12-11-18(25)23-17-9-4-5-10-17/h6-8,13,17H,3-5,9-12,14H2,1-2H3,(H,21,22)(H,23,25). The Labute approximate surface area is 149 Å². The van der Waals surface area contributed by atoms with Gasteiger partial charge in [0.05, 0.1) is 6.54 Å². The molecule has 0 saturated heterocycles. The highest BCUT2D eigenvalue weighted by molar-refractivity contribution is 5.80. The Hall–Kier alpha value is -2.11. The number of hydrogen-bond donors (Lipinski definition) is 2. The largest absolute Gasteiger partial charge is 0.357 e. The fraction of sp³-hybridized carbons (Fsp3) is 0.579. The summed E-state index contributed by atoms with van der Waals surface area (Å²) in [7, 11) is 1.91. The lowest BCUT2D eigenvalue weighted by Crippen LogP contribution is -2.39. The van der Waals surface area contributed by atoms with Gasteiger partial charge in [-0.25, -0.2) is 4.39 Å². The SMILES string of the molecule is CCNC(=NCCC(=O)NC1CCCC1)N(C)Cc1cccc(F)c1. The first-order chi connectivity index (χ1) is 12.1. The third kappa shape index (κ3) is 6.72. The van der Waals surface area contributed by atoms with Crippen molar-refractivity contribution in [2.45, 2.75) is 51.6 Å². The Kier molecular flexibility index (Phi) is 7.70. The summed E-state index contributed by atoms with van der Waals surface area (Å²) in [5.74, 6) is 0.552. The zero-order chi connectivity index (χ0) is 18.1. The molecule has 0 bridgehead atoms. The van der Waals surface area contributed by atoms with Crippen LogP contribution in [0.3, 0.4) is 0 Å². The zero-order valence-electron chi connectivity index (χ0n) is 15.2. The third-order valence-corrected chi connectivity index (χ3v) is 4.33. The number of amides is 1. The van der Waals surface area contributed by atoms with E-state index in [0.717, 1.165) is 30.9 Å². The van der Waals surface area contributed by atoms with Crippen LogP contribution in [0.5, 0.6) is 0 Å². The van der Waals surface area contributed by atoms with E-state index >= 15 is 0 Å². The molecule has 1 aromatic rings. The molecule has 1 saturated carbocycles. The second kappa shape index (κ2) is 10.0. The van der Waals surface area contributed by atoms with Crippen molar-refractivity contribution in [1.82, 2.24) is 15.5 Å². The van der Waals surface area contributed by atoms with Crippen molar-refractivity contribution in [3.63, 3.8) is 0 Å². The molecule has 1 fully saturated rings. The summed E-state index contributed by atoms with van der Waals surface area (Å²) in [6.45, 7) is 3.73. The molecule has 25 heavy (non-hydrogen) atoms. The van der Waals surface area contributed by atoms with Crippen LogP contribution in [-0.2, 0) is 11.3 Å². The minimum absolute atomic E-state index is 0.0688. The van der Waals surface area contributed by atoms with Crippen LogP contribution in [0.1, 0.15) is 44.6 Å². The molecule has 2 rings (SSSR count). The van der Waals surface area contributed by atoms with Crippen LogP contribution in [-0.4, -0.2) is 42.9 Å². The summed E-state index contributed by atoms with van der Waals surface area (Å²) < 4.78 is 13.3. The van der Waals surface area contributed by atoms with E-state index in [9.17, 15) is 9.18 Å². The number of guanidine groups is 1. The van der Waals surface area contributed by atoms with E-state index in [-0.39, 0.29) is 11.7 Å². The van der Waals surface area contributed by atoms with E-state index < -0.39 is 0 Å². The Morgan fingerprint density at radius 2 is 2.12 bits per heavy atom. The summed E-state index contributed by atoms with van der Waals surface area (Å²) in [6, 6.07) is 6.90. The van der Waals surface area contributed by atoms with Crippen LogP contribution in [0.25, 0.3) is 0 Å². The van der Waals surface area contributed by atoms with Crippen LogP contribution in [0.15, 0.2) is 29.3 Å². The summed E-state index contributed by atoms with van der Waals surface area (Å²) in [6.07, 6.45) is 4.98. The number of nitrogens with zero attached hydrogens (tertiary/aromatic N) is 2. The Morgan fingerprint density at radius 1 is 1.36 bits per heavy atom. The molecule has 138 valence electrons. The molecule has 0 unspecified atom stereocenters. The van der Waals surface area contributed by atoms with Crippen LogP contribution in [0, 0.1) is 5.82 Å². The first-order valence-corrected chi connectivity index (χ1v) is 9.11. The predicted octanol–water partition coefficient (Wildman–Crippen LogP) is 2.67. The van der Waals surface area contributed by atoms with Gasteiger partial charge in [-0.05, 0) is 37.5 Å². The molecule has 1 aliphatic carbocycles. The number of hydrogen-bond acceptors (Lipinski definition) is 2. The Morgan fingerprint density at radius 3 is 2.80 bits per heavy atom. The minimum Gasteiger partial charge on any atom is -0.357 e. The highest BCUT2D eigenvalue weighted by atomic mass is 19.1. The number of rotatable bonds is 7. The smallest absolute Gasteiger partial charge is 0.222 e. The molecule has 2 N–H and O–H groups in total. The molecule has 0 spiro atoms. The molecular weight excluding hydrogens is 319 g/mol. The van der Waals surface area contributed by atoms with Gasteiger partial charge in [0, 0.05) is 32.6 Å². The molecule has 0 aromatic heterocycles. The lowest BCUT2D eigenvalue weighted by atomic mass is 10.2. The van der Waals surface area contributed by atoms with Crippen molar-refractivity contribution in [2.24, 2.45) is 4.99 Å². The van der Waals surface area contributed by atoms with Gasteiger partial charge in [-0.15, -0.1) is 0 Å². The normalized spacial score (nSPS) is 15.2. The summed E-state index contributed by atoms with van der Waals surface area (Å²) in [5, 5.41) is 6.29. The highest BCUT2D eigenvalue weighted by Gasteiger charge is 2.16. The molecule has 0 heterocycles. The molecule has 6 heteroatoms. The second-order valence-electron chi connectivity index (χ2n) is 6.52. The van der Waals surface area contributed by atoms with Gasteiger partial charge in [0.15, 0.2) is 5.96 Å². The molecule has 5 nitrogen and oxygen atoms in total. The molecule has 0 radical (unpaired) electrons. The Balaban J connectivity index is 1.84. The number of nitrogens with one attached hydrogen (secondary N) is 2. The molecule has 1 aliphatic rings. The van der Waals surface area contributed by atoms with Crippen molar-refractivity contribution in [3.05, 3.63) is 35.6 Å². The van der Waals surface area contributed by atoms with Gasteiger partial charge in [0.25, 0.3) is 0 Å². The van der Waals surface area contributed by atoms with E-state index in [2.05, 4.69) is 15.6 Å². The lowest BCUT2D eigenvalue weighted by molar-refractivity contribution is -0.121. The fourth-order valence-electron chi connectivity index (χ4n) is 3.09. The molecule has 0 atom stereocenters.